The van der Waals surface area contributed by atoms with Gasteiger partial charge >= 0.3 is 17.7 Å². The summed E-state index contributed by atoms with van der Waals surface area (Å²) >= 11 is 0. The van der Waals surface area contributed by atoms with E-state index < -0.39 is 47.4 Å². The molecule has 1 atom stereocenters. The highest BCUT2D eigenvalue weighted by molar-refractivity contribution is 5.88. The molecule has 0 radical (unpaired) electrons. The van der Waals surface area contributed by atoms with Crippen LogP contribution >= 0.6 is 0 Å². The summed E-state index contributed by atoms with van der Waals surface area (Å²) in [7, 11) is 0. The zero-order chi connectivity index (χ0) is 20.8. The fourth-order valence-electron chi connectivity index (χ4n) is 2.59. The molecular formula is C17H20F2N4O5. The molecule has 1 aromatic heterocycles. The second kappa shape index (κ2) is 9.11. The summed E-state index contributed by atoms with van der Waals surface area (Å²) in [4.78, 5) is 50.6. The summed E-state index contributed by atoms with van der Waals surface area (Å²) in [6.45, 7) is 2.57. The second-order valence-corrected chi connectivity index (χ2v) is 5.81. The Labute approximate surface area is 158 Å². The van der Waals surface area contributed by atoms with Gasteiger partial charge in [0.15, 0.2) is 0 Å². The van der Waals surface area contributed by atoms with Crippen LogP contribution in [-0.2, 0) is 4.74 Å². The molecule has 1 aliphatic rings. The van der Waals surface area contributed by atoms with Crippen molar-refractivity contribution >= 4 is 17.7 Å². The molecule has 0 spiro atoms. The molecule has 0 bridgehead atoms. The first kappa shape index (κ1) is 21.1. The normalized spacial score (nSPS) is 16.1. The lowest BCUT2D eigenvalue weighted by atomic mass is 10.2. The predicted octanol–water partition coefficient (Wildman–Crippen LogP) is 0.791. The summed E-state index contributed by atoms with van der Waals surface area (Å²) < 4.78 is 33.1. The number of amides is 2. The molecule has 1 aliphatic heterocycles. The maximum Gasteiger partial charge on any atom is 0.345 e. The van der Waals surface area contributed by atoms with Gasteiger partial charge in [-0.05, 0) is 26.0 Å². The van der Waals surface area contributed by atoms with Gasteiger partial charge in [-0.15, -0.1) is 0 Å². The number of rotatable bonds is 7. The molecule has 1 aromatic rings. The smallest absolute Gasteiger partial charge is 0.345 e. The van der Waals surface area contributed by atoms with Crippen LogP contribution in [0.3, 0.4) is 0 Å². The van der Waals surface area contributed by atoms with Crippen molar-refractivity contribution < 1.29 is 23.1 Å². The molecule has 28 heavy (non-hydrogen) atoms. The minimum Gasteiger partial charge on any atom is -0.462 e. The molecule has 0 saturated carbocycles. The van der Waals surface area contributed by atoms with E-state index in [1.165, 1.54) is 18.7 Å². The zero-order valence-electron chi connectivity index (χ0n) is 15.3. The van der Waals surface area contributed by atoms with Crippen molar-refractivity contribution in [3.8, 4) is 0 Å². The van der Waals surface area contributed by atoms with E-state index in [0.29, 0.717) is 6.54 Å². The van der Waals surface area contributed by atoms with E-state index in [-0.39, 0.29) is 18.8 Å². The number of hydrogen-bond acceptors (Lipinski definition) is 5. The van der Waals surface area contributed by atoms with Crippen molar-refractivity contribution in [1.29, 1.82) is 0 Å². The minimum absolute atomic E-state index is 0.00544. The minimum atomic E-state index is -1.04. The van der Waals surface area contributed by atoms with Gasteiger partial charge < -0.3 is 15.0 Å². The molecule has 0 aromatic carbocycles. The number of ether oxygens (including phenoxy) is 1. The predicted molar refractivity (Wildman–Crippen MR) is 96.3 cm³/mol. The Balaban J connectivity index is 2.46. The Morgan fingerprint density at radius 3 is 2.68 bits per heavy atom. The van der Waals surface area contributed by atoms with Crippen LogP contribution in [0.2, 0.25) is 0 Å². The molecule has 1 fully saturated rings. The van der Waals surface area contributed by atoms with Crippen LogP contribution in [0, 0.1) is 0 Å². The number of urea groups is 1. The van der Waals surface area contributed by atoms with Gasteiger partial charge in [0, 0.05) is 19.3 Å². The fraction of sp³-hybridized carbons (Fsp3) is 0.412. The number of H-pyrrole nitrogens is 1. The summed E-state index contributed by atoms with van der Waals surface area (Å²) in [5.41, 5.74) is -2.72. The van der Waals surface area contributed by atoms with Gasteiger partial charge in [0.05, 0.1) is 18.3 Å². The van der Waals surface area contributed by atoms with Crippen LogP contribution in [0.25, 0.3) is 5.70 Å². The first-order chi connectivity index (χ1) is 13.3. The van der Waals surface area contributed by atoms with Crippen molar-refractivity contribution in [2.75, 3.05) is 26.4 Å². The van der Waals surface area contributed by atoms with Gasteiger partial charge in [0.25, 0.3) is 5.56 Å². The summed E-state index contributed by atoms with van der Waals surface area (Å²) in [6, 6.07) is -1.41. The third kappa shape index (κ3) is 4.53. The Kier molecular flexibility index (Phi) is 6.85. The summed E-state index contributed by atoms with van der Waals surface area (Å²) in [5.74, 6) is -1.80. The Hall–Kier alpha value is -3.24. The first-order valence-corrected chi connectivity index (χ1v) is 8.51. The van der Waals surface area contributed by atoms with Crippen LogP contribution in [0.15, 0.2) is 33.8 Å². The molecule has 9 nitrogen and oxygen atoms in total. The number of esters is 1. The van der Waals surface area contributed by atoms with E-state index in [0.717, 1.165) is 22.9 Å². The van der Waals surface area contributed by atoms with Crippen LogP contribution in [0.4, 0.5) is 13.6 Å². The Morgan fingerprint density at radius 1 is 1.39 bits per heavy atom. The SMILES string of the molecule is CCOC(=O)c1cn(C(/C=C(/F)C(C)N2CCNC2=O)=C/CF)c(=O)[nH]c1=O. The van der Waals surface area contributed by atoms with Gasteiger partial charge in [-0.3, -0.25) is 14.3 Å². The number of halogens is 2. The Bertz CT molecular complexity index is 934. The topological polar surface area (TPSA) is 114 Å². The van der Waals surface area contributed by atoms with Crippen molar-refractivity contribution in [2.45, 2.75) is 19.9 Å². The highest BCUT2D eigenvalue weighted by Gasteiger charge is 2.27. The van der Waals surface area contributed by atoms with Crippen LogP contribution in [0.1, 0.15) is 24.2 Å². The lowest BCUT2D eigenvalue weighted by Crippen LogP contribution is -2.37. The van der Waals surface area contributed by atoms with Crippen LogP contribution in [-0.4, -0.2) is 58.9 Å². The molecule has 2 heterocycles. The van der Waals surface area contributed by atoms with E-state index >= 15 is 0 Å². The highest BCUT2D eigenvalue weighted by Crippen LogP contribution is 2.18. The number of aromatic nitrogens is 2. The molecular weight excluding hydrogens is 378 g/mol. The second-order valence-electron chi connectivity index (χ2n) is 5.81. The van der Waals surface area contributed by atoms with Gasteiger partial charge in [-0.25, -0.2) is 23.2 Å². The monoisotopic (exact) mass is 398 g/mol. The standard InChI is InChI=1S/C17H20F2N4O5/c1-3-28-15(25)12-9-23(17(27)21-14(12)24)11(4-5-18)8-13(19)10(2)22-7-6-20-16(22)26/h4,8-10H,3,5-7H2,1-2H3,(H,20,26)(H,21,24,27)/b11-4+,13-8+. The first-order valence-electron chi connectivity index (χ1n) is 8.51. The molecule has 2 N–H and O–H groups in total. The van der Waals surface area contributed by atoms with E-state index in [9.17, 15) is 28.0 Å². The lowest BCUT2D eigenvalue weighted by Gasteiger charge is -2.21. The van der Waals surface area contributed by atoms with E-state index in [2.05, 4.69) is 5.32 Å². The van der Waals surface area contributed by atoms with Crippen LogP contribution in [0.5, 0.6) is 0 Å². The maximum absolute atomic E-state index is 14.7. The molecule has 1 saturated heterocycles. The number of allylic oxidation sites excluding steroid dienone is 3. The number of alkyl halides is 1. The number of hydrogen-bond donors (Lipinski definition) is 2. The number of aromatic amines is 1. The van der Waals surface area contributed by atoms with Gasteiger partial charge in [0.2, 0.25) is 0 Å². The average Bonchev–Trinajstić information content (AvgIpc) is 3.06. The summed E-state index contributed by atoms with van der Waals surface area (Å²) in [6.07, 6.45) is 2.62. The number of carbonyl (C=O) groups excluding carboxylic acids is 2. The average molecular weight is 398 g/mol. The van der Waals surface area contributed by atoms with Gasteiger partial charge in [-0.1, -0.05) is 0 Å². The number of carbonyl (C=O) groups is 2. The molecule has 11 heteroatoms. The van der Waals surface area contributed by atoms with Gasteiger partial charge in [-0.2, -0.15) is 0 Å². The number of nitrogens with zero attached hydrogens (tertiary/aromatic N) is 2. The van der Waals surface area contributed by atoms with E-state index in [4.69, 9.17) is 4.74 Å². The maximum atomic E-state index is 14.7. The number of nitrogens with one attached hydrogen (secondary N) is 2. The summed E-state index contributed by atoms with van der Waals surface area (Å²) in [5, 5.41) is 2.53. The van der Waals surface area contributed by atoms with Crippen LogP contribution < -0.4 is 16.6 Å². The molecule has 2 rings (SSSR count). The molecule has 2 amide bonds. The lowest BCUT2D eigenvalue weighted by molar-refractivity contribution is 0.0523. The van der Waals surface area contributed by atoms with E-state index in [1.807, 2.05) is 4.98 Å². The zero-order valence-corrected chi connectivity index (χ0v) is 15.3. The fourth-order valence-corrected chi connectivity index (χ4v) is 2.59. The van der Waals surface area contributed by atoms with E-state index in [1.54, 1.807) is 0 Å². The third-order valence-corrected chi connectivity index (χ3v) is 4.04. The highest BCUT2D eigenvalue weighted by atomic mass is 19.1. The molecule has 1 unspecified atom stereocenters. The van der Waals surface area contributed by atoms with Crippen molar-refractivity contribution in [3.63, 3.8) is 0 Å². The van der Waals surface area contributed by atoms with Crippen molar-refractivity contribution in [3.05, 3.63) is 50.6 Å². The largest absolute Gasteiger partial charge is 0.462 e. The van der Waals surface area contributed by atoms with Crippen molar-refractivity contribution in [2.24, 2.45) is 0 Å². The van der Waals surface area contributed by atoms with Crippen molar-refractivity contribution in [1.82, 2.24) is 19.8 Å². The van der Waals surface area contributed by atoms with Gasteiger partial charge in [0.1, 0.15) is 18.1 Å². The molecule has 0 aliphatic carbocycles. The quantitative estimate of drug-likeness (QED) is 0.521. The Morgan fingerprint density at radius 2 is 2.11 bits per heavy atom. The third-order valence-electron chi connectivity index (χ3n) is 4.04. The molecule has 152 valence electrons.